The quantitative estimate of drug-likeness (QED) is 0.824. The van der Waals surface area contributed by atoms with Crippen LogP contribution >= 0.6 is 0 Å². The fourth-order valence-corrected chi connectivity index (χ4v) is 2.24. The fourth-order valence-electron chi connectivity index (χ4n) is 2.24. The van der Waals surface area contributed by atoms with Crippen LogP contribution in [-0.4, -0.2) is 48.4 Å². The number of nitrogens with zero attached hydrogens (tertiary/aromatic N) is 3. The molecule has 6 nitrogen and oxygen atoms in total. The van der Waals surface area contributed by atoms with Gasteiger partial charge < -0.3 is 15.5 Å². The molecule has 0 aliphatic carbocycles. The van der Waals surface area contributed by atoms with Gasteiger partial charge in [0.05, 0.1) is 11.3 Å². The predicted molar refractivity (Wildman–Crippen MR) is 71.8 cm³/mol. The first-order valence-corrected chi connectivity index (χ1v) is 6.32. The molecule has 0 atom stereocenters. The molecule has 2 amide bonds. The van der Waals surface area contributed by atoms with Gasteiger partial charge in [-0.1, -0.05) is 0 Å². The zero-order valence-corrected chi connectivity index (χ0v) is 11.0. The summed E-state index contributed by atoms with van der Waals surface area (Å²) in [5.74, 6) is -0.287. The third kappa shape index (κ3) is 3.01. The van der Waals surface area contributed by atoms with E-state index in [4.69, 9.17) is 5.73 Å². The van der Waals surface area contributed by atoms with Gasteiger partial charge in [0.15, 0.2) is 0 Å². The Hall–Kier alpha value is -2.11. The van der Waals surface area contributed by atoms with Crippen LogP contribution in [0.3, 0.4) is 0 Å². The Bertz CT molecular complexity index is 489. The SMILES string of the molecule is CN(CCN1CCCC1=O)c1ccncc1C(N)=O. The van der Waals surface area contributed by atoms with E-state index in [1.807, 2.05) is 16.8 Å². The first kappa shape index (κ1) is 13.3. The number of nitrogens with two attached hydrogens (primary N) is 1. The van der Waals surface area contributed by atoms with E-state index in [1.165, 1.54) is 6.20 Å². The molecule has 1 aliphatic heterocycles. The summed E-state index contributed by atoms with van der Waals surface area (Å²) in [6.45, 7) is 2.15. The van der Waals surface area contributed by atoms with Gasteiger partial charge >= 0.3 is 0 Å². The lowest BCUT2D eigenvalue weighted by atomic mass is 10.2. The fraction of sp³-hybridized carbons (Fsp3) is 0.462. The van der Waals surface area contributed by atoms with Crippen molar-refractivity contribution in [1.29, 1.82) is 0 Å². The molecule has 19 heavy (non-hydrogen) atoms. The molecule has 0 saturated carbocycles. The summed E-state index contributed by atoms with van der Waals surface area (Å²) >= 11 is 0. The normalized spacial score (nSPS) is 14.8. The van der Waals surface area contributed by atoms with Crippen molar-refractivity contribution in [3.05, 3.63) is 24.0 Å². The van der Waals surface area contributed by atoms with Gasteiger partial charge in [0.25, 0.3) is 5.91 Å². The largest absolute Gasteiger partial charge is 0.372 e. The van der Waals surface area contributed by atoms with E-state index in [0.29, 0.717) is 25.1 Å². The van der Waals surface area contributed by atoms with Crippen LogP contribution in [0.2, 0.25) is 0 Å². The molecule has 0 radical (unpaired) electrons. The third-order valence-corrected chi connectivity index (χ3v) is 3.35. The number of amides is 2. The van der Waals surface area contributed by atoms with Crippen LogP contribution in [0.4, 0.5) is 5.69 Å². The van der Waals surface area contributed by atoms with Crippen molar-refractivity contribution >= 4 is 17.5 Å². The van der Waals surface area contributed by atoms with Crippen molar-refractivity contribution in [3.63, 3.8) is 0 Å². The number of primary amides is 1. The van der Waals surface area contributed by atoms with Gasteiger partial charge in [-0.05, 0) is 12.5 Å². The Balaban J connectivity index is 2.01. The highest BCUT2D eigenvalue weighted by Gasteiger charge is 2.20. The Morgan fingerprint density at radius 1 is 1.58 bits per heavy atom. The average molecular weight is 262 g/mol. The Kier molecular flexibility index (Phi) is 3.99. The minimum absolute atomic E-state index is 0.207. The van der Waals surface area contributed by atoms with E-state index in [-0.39, 0.29) is 5.91 Å². The van der Waals surface area contributed by atoms with Crippen LogP contribution in [0, 0.1) is 0 Å². The van der Waals surface area contributed by atoms with E-state index in [2.05, 4.69) is 4.98 Å². The lowest BCUT2D eigenvalue weighted by Crippen LogP contribution is -2.34. The molecular weight excluding hydrogens is 244 g/mol. The molecule has 0 aromatic carbocycles. The van der Waals surface area contributed by atoms with E-state index < -0.39 is 5.91 Å². The lowest BCUT2D eigenvalue weighted by Gasteiger charge is -2.24. The number of hydrogen-bond donors (Lipinski definition) is 1. The van der Waals surface area contributed by atoms with Gasteiger partial charge in [0.1, 0.15) is 0 Å². The van der Waals surface area contributed by atoms with E-state index in [0.717, 1.165) is 18.7 Å². The highest BCUT2D eigenvalue weighted by atomic mass is 16.2. The summed E-state index contributed by atoms with van der Waals surface area (Å²) in [6.07, 6.45) is 4.67. The number of rotatable bonds is 5. The topological polar surface area (TPSA) is 79.5 Å². The van der Waals surface area contributed by atoms with Gasteiger partial charge in [-0.2, -0.15) is 0 Å². The number of anilines is 1. The maximum absolute atomic E-state index is 11.5. The molecule has 2 heterocycles. The van der Waals surface area contributed by atoms with Gasteiger partial charge in [-0.25, -0.2) is 0 Å². The molecule has 1 fully saturated rings. The zero-order chi connectivity index (χ0) is 13.8. The lowest BCUT2D eigenvalue weighted by molar-refractivity contribution is -0.127. The van der Waals surface area contributed by atoms with Crippen LogP contribution in [0.5, 0.6) is 0 Å². The number of likely N-dealkylation sites (tertiary alicyclic amines) is 1. The molecule has 2 N–H and O–H groups in total. The molecule has 0 unspecified atom stereocenters. The smallest absolute Gasteiger partial charge is 0.252 e. The van der Waals surface area contributed by atoms with Gasteiger partial charge in [-0.15, -0.1) is 0 Å². The maximum atomic E-state index is 11.5. The molecule has 0 bridgehead atoms. The van der Waals surface area contributed by atoms with Crippen molar-refractivity contribution in [1.82, 2.24) is 9.88 Å². The summed E-state index contributed by atoms with van der Waals surface area (Å²) in [5, 5.41) is 0. The molecule has 1 aromatic heterocycles. The number of carbonyl (C=O) groups is 2. The van der Waals surface area contributed by atoms with E-state index >= 15 is 0 Å². The van der Waals surface area contributed by atoms with Crippen LogP contribution in [0.25, 0.3) is 0 Å². The summed E-state index contributed by atoms with van der Waals surface area (Å²) < 4.78 is 0. The van der Waals surface area contributed by atoms with Crippen molar-refractivity contribution in [2.75, 3.05) is 31.6 Å². The summed E-state index contributed by atoms with van der Waals surface area (Å²) in [7, 11) is 1.88. The number of pyridine rings is 1. The van der Waals surface area contributed by atoms with Crippen LogP contribution in [0.1, 0.15) is 23.2 Å². The molecule has 6 heteroatoms. The minimum atomic E-state index is -0.493. The molecule has 1 aromatic rings. The summed E-state index contributed by atoms with van der Waals surface area (Å²) in [6, 6.07) is 1.76. The van der Waals surface area contributed by atoms with Crippen molar-refractivity contribution in [2.45, 2.75) is 12.8 Å². The summed E-state index contributed by atoms with van der Waals surface area (Å²) in [4.78, 5) is 30.5. The number of carbonyl (C=O) groups excluding carboxylic acids is 2. The highest BCUT2D eigenvalue weighted by Crippen LogP contribution is 2.17. The number of aromatic nitrogens is 1. The third-order valence-electron chi connectivity index (χ3n) is 3.35. The minimum Gasteiger partial charge on any atom is -0.372 e. The molecule has 0 spiro atoms. The number of hydrogen-bond acceptors (Lipinski definition) is 4. The Morgan fingerprint density at radius 2 is 2.37 bits per heavy atom. The zero-order valence-electron chi connectivity index (χ0n) is 11.0. The Morgan fingerprint density at radius 3 is 3.00 bits per heavy atom. The van der Waals surface area contributed by atoms with E-state index in [9.17, 15) is 9.59 Å². The first-order chi connectivity index (χ1) is 9.09. The van der Waals surface area contributed by atoms with Gasteiger partial charge in [-0.3, -0.25) is 14.6 Å². The molecule has 102 valence electrons. The molecular formula is C13H18N4O2. The van der Waals surface area contributed by atoms with E-state index in [1.54, 1.807) is 12.3 Å². The monoisotopic (exact) mass is 262 g/mol. The average Bonchev–Trinajstić information content (AvgIpc) is 2.81. The van der Waals surface area contributed by atoms with Crippen LogP contribution in [-0.2, 0) is 4.79 Å². The first-order valence-electron chi connectivity index (χ1n) is 6.32. The van der Waals surface area contributed by atoms with Crippen LogP contribution in [0.15, 0.2) is 18.5 Å². The summed E-state index contributed by atoms with van der Waals surface area (Å²) in [5.41, 5.74) is 6.47. The second-order valence-electron chi connectivity index (χ2n) is 4.66. The number of likely N-dealkylation sites (N-methyl/N-ethyl adjacent to an activating group) is 1. The molecule has 1 aliphatic rings. The van der Waals surface area contributed by atoms with Crippen molar-refractivity contribution < 1.29 is 9.59 Å². The predicted octanol–water partition coefficient (Wildman–Crippen LogP) is 0.239. The van der Waals surface area contributed by atoms with Gasteiger partial charge in [0.2, 0.25) is 5.91 Å². The molecule has 1 saturated heterocycles. The second-order valence-corrected chi connectivity index (χ2v) is 4.66. The van der Waals surface area contributed by atoms with Crippen molar-refractivity contribution in [3.8, 4) is 0 Å². The highest BCUT2D eigenvalue weighted by molar-refractivity contribution is 5.98. The maximum Gasteiger partial charge on any atom is 0.252 e. The van der Waals surface area contributed by atoms with Crippen molar-refractivity contribution in [2.24, 2.45) is 5.73 Å². The van der Waals surface area contributed by atoms with Gasteiger partial charge in [0, 0.05) is 45.5 Å². The Labute approximate surface area is 112 Å². The molecule has 2 rings (SSSR count). The second kappa shape index (κ2) is 5.69. The van der Waals surface area contributed by atoms with Crippen LogP contribution < -0.4 is 10.6 Å². The standard InChI is InChI=1S/C13H18N4O2/c1-16(7-8-17-6-2-3-12(17)18)11-4-5-15-9-10(11)13(14)19/h4-5,9H,2-3,6-8H2,1H3,(H2,14,19).